The van der Waals surface area contributed by atoms with Gasteiger partial charge in [-0.2, -0.15) is 4.31 Å². The molecule has 0 unspecified atom stereocenters. The van der Waals surface area contributed by atoms with Crippen LogP contribution >= 0.6 is 0 Å². The first kappa shape index (κ1) is 18.7. The second kappa shape index (κ2) is 6.75. The van der Waals surface area contributed by atoms with Crippen LogP contribution in [-0.4, -0.2) is 43.1 Å². The van der Waals surface area contributed by atoms with Gasteiger partial charge in [0.1, 0.15) is 23.0 Å². The number of rotatable bonds is 3. The van der Waals surface area contributed by atoms with Gasteiger partial charge in [0.15, 0.2) is 0 Å². The maximum absolute atomic E-state index is 13.5. The fraction of sp³-hybridized carbons (Fsp3) is 0.263. The molecule has 0 aliphatic carbocycles. The van der Waals surface area contributed by atoms with Crippen LogP contribution in [0, 0.1) is 11.6 Å². The fourth-order valence-corrected chi connectivity index (χ4v) is 4.93. The van der Waals surface area contributed by atoms with Gasteiger partial charge in [0.2, 0.25) is 10.0 Å². The standard InChI is InChI=1S/C19H17F2N3O3S/c20-14-4-6-16(7-5-14)28(26,27)24-10-8-19(9-11-24)22-17(18(25)23-19)13-2-1-3-15(21)12-13/h1-7,12H,8-11H2,(H,23,25). The number of piperidine rings is 1. The Kier molecular flexibility index (Phi) is 4.51. The Labute approximate surface area is 160 Å². The lowest BCUT2D eigenvalue weighted by atomic mass is 10.00. The van der Waals surface area contributed by atoms with E-state index in [9.17, 15) is 22.0 Å². The summed E-state index contributed by atoms with van der Waals surface area (Å²) in [6.07, 6.45) is 0.579. The Morgan fingerprint density at radius 3 is 2.32 bits per heavy atom. The summed E-state index contributed by atoms with van der Waals surface area (Å²) in [4.78, 5) is 16.9. The molecule has 4 rings (SSSR count). The molecule has 2 aromatic rings. The highest BCUT2D eigenvalue weighted by molar-refractivity contribution is 7.89. The first-order chi connectivity index (χ1) is 13.3. The first-order valence-corrected chi connectivity index (χ1v) is 10.2. The highest BCUT2D eigenvalue weighted by Gasteiger charge is 2.44. The fourth-order valence-electron chi connectivity index (χ4n) is 3.48. The van der Waals surface area contributed by atoms with E-state index in [1.165, 1.54) is 34.6 Å². The third-order valence-electron chi connectivity index (χ3n) is 4.99. The van der Waals surface area contributed by atoms with Crippen LogP contribution in [0.2, 0.25) is 0 Å². The zero-order chi connectivity index (χ0) is 19.9. The number of nitrogens with one attached hydrogen (secondary N) is 1. The second-order valence-electron chi connectivity index (χ2n) is 6.81. The Bertz CT molecular complexity index is 1060. The predicted molar refractivity (Wildman–Crippen MR) is 98.2 cm³/mol. The highest BCUT2D eigenvalue weighted by Crippen LogP contribution is 2.31. The van der Waals surface area contributed by atoms with Crippen LogP contribution in [0.25, 0.3) is 0 Å². The lowest BCUT2D eigenvalue weighted by Gasteiger charge is -2.36. The van der Waals surface area contributed by atoms with Gasteiger partial charge < -0.3 is 5.32 Å². The molecule has 0 saturated carbocycles. The van der Waals surface area contributed by atoms with E-state index in [4.69, 9.17) is 0 Å². The first-order valence-electron chi connectivity index (χ1n) is 8.73. The SMILES string of the molecule is O=C1NC2(CCN(S(=O)(=O)c3ccc(F)cc3)CC2)N=C1c1cccc(F)c1. The van der Waals surface area contributed by atoms with E-state index in [1.807, 2.05) is 0 Å². The van der Waals surface area contributed by atoms with Gasteiger partial charge in [-0.15, -0.1) is 0 Å². The Morgan fingerprint density at radius 1 is 1.00 bits per heavy atom. The van der Waals surface area contributed by atoms with Crippen molar-refractivity contribution < 1.29 is 22.0 Å². The minimum absolute atomic E-state index is 0.0178. The normalized spacial score (nSPS) is 19.5. The molecule has 1 amide bonds. The molecular formula is C19H17F2N3O3S. The maximum atomic E-state index is 13.5. The van der Waals surface area contributed by atoms with E-state index in [-0.39, 0.29) is 36.5 Å². The van der Waals surface area contributed by atoms with E-state index in [1.54, 1.807) is 6.07 Å². The van der Waals surface area contributed by atoms with Crippen molar-refractivity contribution in [2.24, 2.45) is 4.99 Å². The number of carbonyl (C=O) groups is 1. The highest BCUT2D eigenvalue weighted by atomic mass is 32.2. The van der Waals surface area contributed by atoms with Gasteiger partial charge in [0.25, 0.3) is 5.91 Å². The summed E-state index contributed by atoms with van der Waals surface area (Å²) in [6.45, 7) is 0.305. The molecule has 2 aliphatic heterocycles. The van der Waals surface area contributed by atoms with Crippen LogP contribution in [-0.2, 0) is 14.8 Å². The summed E-state index contributed by atoms with van der Waals surface area (Å²) >= 11 is 0. The van der Waals surface area contributed by atoms with Crippen molar-refractivity contribution in [1.82, 2.24) is 9.62 Å². The molecule has 2 aromatic carbocycles. The second-order valence-corrected chi connectivity index (χ2v) is 8.75. The van der Waals surface area contributed by atoms with Crippen molar-refractivity contribution in [3.63, 3.8) is 0 Å². The van der Waals surface area contributed by atoms with Crippen molar-refractivity contribution in [2.75, 3.05) is 13.1 Å². The Morgan fingerprint density at radius 2 is 1.68 bits per heavy atom. The van der Waals surface area contributed by atoms with Crippen LogP contribution in [0.1, 0.15) is 18.4 Å². The molecule has 9 heteroatoms. The summed E-state index contributed by atoms with van der Waals surface area (Å²) < 4.78 is 53.3. The van der Waals surface area contributed by atoms with E-state index < -0.39 is 33.2 Å². The molecule has 28 heavy (non-hydrogen) atoms. The van der Waals surface area contributed by atoms with Gasteiger partial charge in [-0.05, 0) is 36.4 Å². The molecule has 146 valence electrons. The van der Waals surface area contributed by atoms with Crippen LogP contribution in [0.4, 0.5) is 8.78 Å². The minimum Gasteiger partial charge on any atom is -0.326 e. The molecule has 0 aromatic heterocycles. The van der Waals surface area contributed by atoms with Crippen molar-refractivity contribution >= 4 is 21.6 Å². The van der Waals surface area contributed by atoms with Crippen molar-refractivity contribution in [2.45, 2.75) is 23.4 Å². The van der Waals surface area contributed by atoms with Gasteiger partial charge in [0, 0.05) is 31.5 Å². The third-order valence-corrected chi connectivity index (χ3v) is 6.90. The number of amides is 1. The van der Waals surface area contributed by atoms with Gasteiger partial charge in [-0.25, -0.2) is 17.2 Å². The number of halogens is 2. The summed E-state index contributed by atoms with van der Waals surface area (Å²) in [7, 11) is -3.75. The lowest BCUT2D eigenvalue weighted by Crippen LogP contribution is -2.52. The zero-order valence-corrected chi connectivity index (χ0v) is 15.5. The quantitative estimate of drug-likeness (QED) is 0.849. The van der Waals surface area contributed by atoms with Crippen LogP contribution < -0.4 is 5.32 Å². The zero-order valence-electron chi connectivity index (χ0n) is 14.7. The number of hydrogen-bond donors (Lipinski definition) is 1. The van der Waals surface area contributed by atoms with Gasteiger partial charge in [-0.3, -0.25) is 9.79 Å². The smallest absolute Gasteiger partial charge is 0.272 e. The summed E-state index contributed by atoms with van der Waals surface area (Å²) in [5.74, 6) is -1.38. The molecule has 0 atom stereocenters. The van der Waals surface area contributed by atoms with Crippen LogP contribution in [0.15, 0.2) is 58.4 Å². The van der Waals surface area contributed by atoms with E-state index in [2.05, 4.69) is 10.3 Å². The summed E-state index contributed by atoms with van der Waals surface area (Å²) in [5, 5.41) is 2.82. The molecule has 0 radical (unpaired) electrons. The Balaban J connectivity index is 1.54. The maximum Gasteiger partial charge on any atom is 0.272 e. The van der Waals surface area contributed by atoms with Crippen molar-refractivity contribution in [1.29, 1.82) is 0 Å². The minimum atomic E-state index is -3.75. The third kappa shape index (κ3) is 3.31. The summed E-state index contributed by atoms with van der Waals surface area (Å²) in [6, 6.07) is 10.3. The molecule has 1 fully saturated rings. The van der Waals surface area contributed by atoms with Crippen LogP contribution in [0.5, 0.6) is 0 Å². The van der Waals surface area contributed by atoms with Crippen LogP contribution in [0.3, 0.4) is 0 Å². The number of sulfonamides is 1. The van der Waals surface area contributed by atoms with E-state index in [0.29, 0.717) is 5.56 Å². The van der Waals surface area contributed by atoms with Gasteiger partial charge >= 0.3 is 0 Å². The molecule has 2 heterocycles. The number of nitrogens with zero attached hydrogens (tertiary/aromatic N) is 2. The molecule has 6 nitrogen and oxygen atoms in total. The van der Waals surface area contributed by atoms with E-state index in [0.717, 1.165) is 12.1 Å². The molecule has 2 aliphatic rings. The van der Waals surface area contributed by atoms with E-state index >= 15 is 0 Å². The molecule has 1 saturated heterocycles. The lowest BCUT2D eigenvalue weighted by molar-refractivity contribution is -0.115. The summed E-state index contributed by atoms with van der Waals surface area (Å²) in [5.41, 5.74) is -0.363. The molecule has 1 N–H and O–H groups in total. The van der Waals surface area contributed by atoms with Gasteiger partial charge in [-0.1, -0.05) is 12.1 Å². The largest absolute Gasteiger partial charge is 0.326 e. The molecule has 1 spiro atoms. The number of hydrogen-bond acceptors (Lipinski definition) is 4. The van der Waals surface area contributed by atoms with Gasteiger partial charge in [0.05, 0.1) is 4.90 Å². The van der Waals surface area contributed by atoms with Crippen molar-refractivity contribution in [3.05, 3.63) is 65.7 Å². The molecular weight excluding hydrogens is 388 g/mol. The number of benzene rings is 2. The number of carbonyl (C=O) groups excluding carboxylic acids is 1. The average Bonchev–Trinajstić information content (AvgIpc) is 2.98. The van der Waals surface area contributed by atoms with Crippen molar-refractivity contribution in [3.8, 4) is 0 Å². The Hall–Kier alpha value is -2.65. The topological polar surface area (TPSA) is 78.8 Å². The monoisotopic (exact) mass is 405 g/mol. The number of aliphatic imine (C=N–C) groups is 1. The predicted octanol–water partition coefficient (Wildman–Crippen LogP) is 2.06. The average molecular weight is 405 g/mol. The molecule has 0 bridgehead atoms.